The fraction of sp³-hybridized carbons (Fsp3) is 0.550. The minimum absolute atomic E-state index is 0.0248. The molecule has 1 unspecified atom stereocenters. The van der Waals surface area contributed by atoms with Crippen LogP contribution in [0.3, 0.4) is 0 Å². The Labute approximate surface area is 284 Å². The Morgan fingerprint density at radius 1 is 0.917 bits per heavy atom. The van der Waals surface area contributed by atoms with Gasteiger partial charge in [-0.2, -0.15) is 0 Å². The summed E-state index contributed by atoms with van der Waals surface area (Å²) in [6.45, 7) is 16.0. The number of fused-ring (bicyclic) bond motifs is 8. The molecule has 0 amide bonds. The highest BCUT2D eigenvalue weighted by Gasteiger charge is 2.36. The smallest absolute Gasteiger partial charge is 0.305 e. The molecular weight excluding hydrogens is 600 g/mol. The van der Waals surface area contributed by atoms with Crippen molar-refractivity contribution in [3.05, 3.63) is 68.8 Å². The lowest BCUT2D eigenvalue weighted by Crippen LogP contribution is -2.09. The number of hydrogen-bond acceptors (Lipinski definition) is 6. The minimum Gasteiger partial charge on any atom is -0.469 e. The van der Waals surface area contributed by atoms with Crippen LogP contribution in [0, 0.1) is 13.8 Å². The molecule has 0 aromatic carbocycles. The van der Waals surface area contributed by atoms with Crippen molar-refractivity contribution < 1.29 is 19.1 Å². The molecule has 0 fully saturated rings. The Morgan fingerprint density at radius 2 is 1.60 bits per heavy atom. The van der Waals surface area contributed by atoms with Gasteiger partial charge in [0.15, 0.2) is 5.78 Å². The summed E-state index contributed by atoms with van der Waals surface area (Å²) in [5, 5.41) is 0. The second-order valence-corrected chi connectivity index (χ2v) is 14.2. The van der Waals surface area contributed by atoms with Crippen LogP contribution in [0.5, 0.6) is 0 Å². The third-order valence-electron chi connectivity index (χ3n) is 11.2. The Balaban J connectivity index is 1.62. The van der Waals surface area contributed by atoms with Gasteiger partial charge in [0.2, 0.25) is 0 Å². The predicted octanol–water partition coefficient (Wildman–Crippen LogP) is 9.47. The molecule has 0 saturated heterocycles. The molecule has 256 valence electrons. The number of carbonyl (C=O) groups excluding carboxylic acids is 2. The number of unbranched alkanes of at least 4 members (excludes halogenated alkanes) is 3. The molecule has 2 aliphatic heterocycles. The monoisotopic (exact) mass is 652 g/mol. The summed E-state index contributed by atoms with van der Waals surface area (Å²) in [5.74, 6) is 0.398. The van der Waals surface area contributed by atoms with Crippen LogP contribution in [-0.4, -0.2) is 45.4 Å². The van der Waals surface area contributed by atoms with Gasteiger partial charge in [0.1, 0.15) is 0 Å². The molecule has 5 heterocycles. The molecule has 48 heavy (non-hydrogen) atoms. The van der Waals surface area contributed by atoms with Crippen LogP contribution in [0.4, 0.5) is 0 Å². The molecule has 1 aliphatic carbocycles. The first-order valence-electron chi connectivity index (χ1n) is 18.1. The zero-order valence-corrected chi connectivity index (χ0v) is 30.0. The summed E-state index contributed by atoms with van der Waals surface area (Å²) >= 11 is 0. The Morgan fingerprint density at radius 3 is 2.33 bits per heavy atom. The lowest BCUT2D eigenvalue weighted by Gasteiger charge is -2.16. The summed E-state index contributed by atoms with van der Waals surface area (Å²) in [4.78, 5) is 43.9. The molecule has 8 nitrogen and oxygen atoms in total. The lowest BCUT2D eigenvalue weighted by atomic mass is 9.85. The van der Waals surface area contributed by atoms with Gasteiger partial charge < -0.3 is 19.4 Å². The van der Waals surface area contributed by atoms with Crippen LogP contribution in [0.2, 0.25) is 0 Å². The number of hydrogen-bond donors (Lipinski definition) is 2. The van der Waals surface area contributed by atoms with E-state index in [0.717, 1.165) is 92.1 Å². The second-order valence-electron chi connectivity index (χ2n) is 14.2. The molecule has 8 bridgehead atoms. The number of nitrogens with zero attached hydrogens (tertiary/aromatic N) is 2. The zero-order chi connectivity index (χ0) is 34.3. The van der Waals surface area contributed by atoms with Gasteiger partial charge in [-0.3, -0.25) is 19.6 Å². The highest BCUT2D eigenvalue weighted by molar-refractivity contribution is 6.13. The van der Waals surface area contributed by atoms with E-state index in [1.807, 2.05) is 6.92 Å². The van der Waals surface area contributed by atoms with Gasteiger partial charge in [0.05, 0.1) is 24.4 Å². The molecule has 2 N–H and O–H groups in total. The van der Waals surface area contributed by atoms with Crippen molar-refractivity contribution in [2.75, 3.05) is 13.7 Å². The summed E-state index contributed by atoms with van der Waals surface area (Å²) < 4.78 is 11.5. The highest BCUT2D eigenvalue weighted by Crippen LogP contribution is 2.45. The molecule has 8 heteroatoms. The van der Waals surface area contributed by atoms with Crippen molar-refractivity contribution in [2.45, 2.75) is 130 Å². The molecule has 3 aromatic heterocycles. The number of H-pyrrole nitrogens is 2. The maximum absolute atomic E-state index is 13.6. The van der Waals surface area contributed by atoms with E-state index < -0.39 is 0 Å². The number of methoxy groups -OCH3 is 1. The fourth-order valence-electron chi connectivity index (χ4n) is 8.29. The van der Waals surface area contributed by atoms with Gasteiger partial charge >= 0.3 is 5.97 Å². The Bertz CT molecular complexity index is 1890. The van der Waals surface area contributed by atoms with Gasteiger partial charge in [0.25, 0.3) is 0 Å². The normalized spacial score (nSPS) is 20.8. The maximum Gasteiger partial charge on any atom is 0.305 e. The van der Waals surface area contributed by atoms with Crippen molar-refractivity contribution in [2.24, 2.45) is 0 Å². The average molecular weight is 653 g/mol. The van der Waals surface area contributed by atoms with Gasteiger partial charge in [-0.05, 0) is 69.4 Å². The van der Waals surface area contributed by atoms with Crippen molar-refractivity contribution in [1.29, 1.82) is 0 Å². The van der Waals surface area contributed by atoms with Crippen LogP contribution >= 0.6 is 0 Å². The third-order valence-corrected chi connectivity index (χ3v) is 11.2. The van der Waals surface area contributed by atoms with Gasteiger partial charge in [-0.25, -0.2) is 0 Å². The van der Waals surface area contributed by atoms with E-state index in [1.165, 1.54) is 26.4 Å². The van der Waals surface area contributed by atoms with Crippen LogP contribution in [0.25, 0.3) is 22.1 Å². The number of nitrogens with one attached hydrogen (secondary N) is 2. The van der Waals surface area contributed by atoms with Gasteiger partial charge in [-0.15, -0.1) is 0 Å². The van der Waals surface area contributed by atoms with Crippen LogP contribution < -0.4 is 0 Å². The lowest BCUT2D eigenvalue weighted by molar-refractivity contribution is -0.140. The molecule has 0 saturated carbocycles. The minimum atomic E-state index is -0.236. The number of ether oxygens (including phenoxy) is 2. The standard InChI is InChI=1S/C40H52N4O4/c1-9-11-12-13-16-48-25(7)37-23(5)31-18-30-22(4)27(14-15-36(46)47-8)39(43-30)28-17-35(45)38-24(6)32(44-40(28)38)19-33-26(10-2)21(3)29(41-33)20-34(37)42-31/h18-22,25-27,42,44H,9-17H2,1-8H3/t21-,22+,25?,26-,27+/m1/s1. The van der Waals surface area contributed by atoms with E-state index in [4.69, 9.17) is 19.4 Å². The van der Waals surface area contributed by atoms with Crippen molar-refractivity contribution in [3.8, 4) is 0 Å². The zero-order valence-electron chi connectivity index (χ0n) is 30.0. The van der Waals surface area contributed by atoms with Crippen molar-refractivity contribution in [1.82, 2.24) is 19.9 Å². The first-order chi connectivity index (χ1) is 23.1. The second kappa shape index (κ2) is 14.0. The number of aromatic amines is 2. The number of esters is 1. The molecule has 0 spiro atoms. The van der Waals surface area contributed by atoms with Crippen LogP contribution in [0.15, 0.2) is 18.2 Å². The largest absolute Gasteiger partial charge is 0.469 e. The highest BCUT2D eigenvalue weighted by atomic mass is 16.5. The van der Waals surface area contributed by atoms with E-state index in [1.54, 1.807) is 0 Å². The third kappa shape index (κ3) is 6.13. The van der Waals surface area contributed by atoms with Crippen LogP contribution in [0.1, 0.15) is 165 Å². The first kappa shape index (κ1) is 34.1. The predicted molar refractivity (Wildman–Crippen MR) is 191 cm³/mol. The summed E-state index contributed by atoms with van der Waals surface area (Å²) in [6.07, 6.45) is 6.72. The summed E-state index contributed by atoms with van der Waals surface area (Å²) in [6, 6.07) is 6.55. The molecular formula is C40H52N4O4. The fourth-order valence-corrected chi connectivity index (χ4v) is 8.29. The average Bonchev–Trinajstić information content (AvgIpc) is 3.82. The van der Waals surface area contributed by atoms with E-state index in [9.17, 15) is 9.59 Å². The number of Topliss-reactive ketones (excluding diaryl/α,β-unsaturated/α-hetero) is 1. The van der Waals surface area contributed by atoms with Crippen molar-refractivity contribution in [3.63, 3.8) is 0 Å². The van der Waals surface area contributed by atoms with E-state index in [2.05, 4.69) is 69.7 Å². The number of ketones is 1. The summed E-state index contributed by atoms with van der Waals surface area (Å²) in [5.41, 5.74) is 12.7. The van der Waals surface area contributed by atoms with E-state index in [-0.39, 0.29) is 41.5 Å². The summed E-state index contributed by atoms with van der Waals surface area (Å²) in [7, 11) is 1.43. The molecule has 6 rings (SSSR count). The van der Waals surface area contributed by atoms with Gasteiger partial charge in [0, 0.05) is 93.4 Å². The van der Waals surface area contributed by atoms with E-state index >= 15 is 0 Å². The van der Waals surface area contributed by atoms with Crippen LogP contribution in [-0.2, 0) is 20.7 Å². The number of carbonyl (C=O) groups is 2. The van der Waals surface area contributed by atoms with Crippen molar-refractivity contribution >= 4 is 33.8 Å². The molecule has 3 aromatic rings. The molecule has 5 atom stereocenters. The number of aryl methyl sites for hydroxylation is 2. The maximum atomic E-state index is 13.6. The SMILES string of the molecule is CCCCCCOC(C)c1c(C)c2cc3nc(c4c5[nH]c(cc6nc(cc1[nH]2)[C@H](C)[C@H]6CC)c(C)c5C(=O)C4)[C@@H](CCC(=O)OC)[C@@H]3C. The Kier molecular flexibility index (Phi) is 9.93. The van der Waals surface area contributed by atoms with Gasteiger partial charge in [-0.1, -0.05) is 47.0 Å². The molecule has 3 aliphatic rings. The number of aromatic nitrogens is 4. The Hall–Kier alpha value is -3.78. The van der Waals surface area contributed by atoms with E-state index in [0.29, 0.717) is 19.3 Å². The quantitative estimate of drug-likeness (QED) is 0.158. The number of rotatable bonds is 11. The first-order valence-corrected chi connectivity index (χ1v) is 18.1. The topological polar surface area (TPSA) is 110 Å². The molecule has 0 radical (unpaired) electrons.